The summed E-state index contributed by atoms with van der Waals surface area (Å²) >= 11 is 5.28. The molecule has 2 heterocycles. The molecule has 0 saturated carbocycles. The molecule has 0 aliphatic carbocycles. The molecule has 45 heavy (non-hydrogen) atoms. The summed E-state index contributed by atoms with van der Waals surface area (Å²) in [5.41, 5.74) is 0.574. The van der Waals surface area contributed by atoms with E-state index in [2.05, 4.69) is 19.4 Å². The van der Waals surface area contributed by atoms with Gasteiger partial charge >= 0.3 is 24.3 Å². The molecule has 0 fully saturated rings. The van der Waals surface area contributed by atoms with E-state index in [9.17, 15) is 35.9 Å². The number of carbonyl (C=O) groups excluding carboxylic acids is 2. The molecule has 0 aliphatic heterocycles. The number of hydrogen-bond donors (Lipinski definition) is 1. The highest BCUT2D eigenvalue weighted by Crippen LogP contribution is 2.30. The van der Waals surface area contributed by atoms with Gasteiger partial charge in [-0.15, -0.1) is 0 Å². The lowest BCUT2D eigenvalue weighted by Gasteiger charge is -2.09. The van der Waals surface area contributed by atoms with Crippen LogP contribution in [-0.2, 0) is 35.0 Å². The maximum atomic E-state index is 12.4. The number of hydrogen-bond acceptors (Lipinski definition) is 8. The molecule has 2 aromatic heterocycles. The van der Waals surface area contributed by atoms with Crippen LogP contribution in [0.1, 0.15) is 43.0 Å². The van der Waals surface area contributed by atoms with E-state index in [0.717, 1.165) is 24.3 Å². The molecule has 0 spiro atoms. The second kappa shape index (κ2) is 17.0. The van der Waals surface area contributed by atoms with Crippen molar-refractivity contribution in [2.75, 3.05) is 14.2 Å². The number of aliphatic hydroxyl groups excluding tert-OH is 1. The number of alkyl halides is 6. The Kier molecular flexibility index (Phi) is 13.8. The van der Waals surface area contributed by atoms with E-state index in [1.807, 2.05) is 0 Å². The third-order valence-electron chi connectivity index (χ3n) is 5.38. The molecule has 0 saturated heterocycles. The second-order valence-electron chi connectivity index (χ2n) is 8.58. The average Bonchev–Trinajstić information content (AvgIpc) is 3.03. The van der Waals surface area contributed by atoms with Gasteiger partial charge in [-0.25, -0.2) is 19.6 Å². The first-order valence-corrected chi connectivity index (χ1v) is 12.9. The van der Waals surface area contributed by atoms with E-state index in [0.29, 0.717) is 34.6 Å². The lowest BCUT2D eigenvalue weighted by Crippen LogP contribution is -2.06. The average molecular weight is 659 g/mol. The summed E-state index contributed by atoms with van der Waals surface area (Å²) in [4.78, 5) is 29.3. The standard InChI is InChI=1S/C15H12F3NO3.C9H10O3.C6H3ClF3N/c1-21-14(20)11-4-2-3-10(7-11)9-22-13-6-5-12(8-19-13)15(16,17)18;1-12-9(11)8-4-2-3-7(5-8)6-10;7-5-2-1-4(3-11-5)6(8,9)10/h2-8H,9H2,1H3;2-5,10H,6H2,1H3;1-3H. The van der Waals surface area contributed by atoms with Gasteiger partial charge in [0.2, 0.25) is 5.88 Å². The summed E-state index contributed by atoms with van der Waals surface area (Å²) in [5, 5.41) is 8.82. The van der Waals surface area contributed by atoms with Gasteiger partial charge < -0.3 is 19.3 Å². The van der Waals surface area contributed by atoms with Crippen molar-refractivity contribution in [2.45, 2.75) is 25.6 Å². The summed E-state index contributed by atoms with van der Waals surface area (Å²) < 4.78 is 87.1. The fourth-order valence-electron chi connectivity index (χ4n) is 3.15. The summed E-state index contributed by atoms with van der Waals surface area (Å²) in [6, 6.07) is 17.3. The van der Waals surface area contributed by atoms with Crippen molar-refractivity contribution >= 4 is 23.5 Å². The Balaban J connectivity index is 0.000000259. The predicted octanol–water partition coefficient (Wildman–Crippen LogP) is 7.19. The SMILES string of the molecule is COC(=O)c1cccc(CO)c1.COC(=O)c1cccc(COc2ccc(C(F)(F)F)cn2)c1.FC(F)(F)c1ccc(Cl)nc1. The smallest absolute Gasteiger partial charge is 0.417 e. The number of methoxy groups -OCH3 is 2. The van der Waals surface area contributed by atoms with Crippen LogP contribution in [0.2, 0.25) is 5.15 Å². The highest BCUT2D eigenvalue weighted by molar-refractivity contribution is 6.29. The van der Waals surface area contributed by atoms with E-state index >= 15 is 0 Å². The molecule has 2 aromatic carbocycles. The van der Waals surface area contributed by atoms with Crippen molar-refractivity contribution in [3.05, 3.63) is 124 Å². The monoisotopic (exact) mass is 658 g/mol. The van der Waals surface area contributed by atoms with Crippen molar-refractivity contribution in [3.8, 4) is 5.88 Å². The number of esters is 2. The van der Waals surface area contributed by atoms with Crippen LogP contribution in [0.15, 0.2) is 85.2 Å². The normalized spacial score (nSPS) is 10.8. The molecule has 0 unspecified atom stereocenters. The van der Waals surface area contributed by atoms with Crippen LogP contribution in [0.5, 0.6) is 5.88 Å². The second-order valence-corrected chi connectivity index (χ2v) is 8.97. The Morgan fingerprint density at radius 3 is 1.64 bits per heavy atom. The Labute approximate surface area is 258 Å². The number of nitrogens with zero attached hydrogens (tertiary/aromatic N) is 2. The van der Waals surface area contributed by atoms with Crippen LogP contribution in [0.25, 0.3) is 0 Å². The minimum absolute atomic E-state index is 0.0537. The number of aliphatic hydroxyl groups is 1. The Bertz CT molecular complexity index is 1530. The molecule has 1 N–H and O–H groups in total. The topological polar surface area (TPSA) is 108 Å². The van der Waals surface area contributed by atoms with Gasteiger partial charge in [0.15, 0.2) is 0 Å². The van der Waals surface area contributed by atoms with Crippen molar-refractivity contribution in [2.24, 2.45) is 0 Å². The van der Waals surface area contributed by atoms with Gasteiger partial charge in [0, 0.05) is 18.5 Å². The molecule has 0 bridgehead atoms. The third-order valence-corrected chi connectivity index (χ3v) is 5.61. The molecule has 8 nitrogen and oxygen atoms in total. The van der Waals surface area contributed by atoms with Gasteiger partial charge in [-0.3, -0.25) is 0 Å². The third kappa shape index (κ3) is 12.4. The number of halogens is 7. The maximum Gasteiger partial charge on any atom is 0.417 e. The van der Waals surface area contributed by atoms with E-state index in [4.69, 9.17) is 21.4 Å². The summed E-state index contributed by atoms with van der Waals surface area (Å²) in [6.45, 7) is 0.00797. The van der Waals surface area contributed by atoms with E-state index in [1.165, 1.54) is 14.2 Å². The van der Waals surface area contributed by atoms with Gasteiger partial charge in [0.25, 0.3) is 0 Å². The molecule has 0 atom stereocenters. The quantitative estimate of drug-likeness (QED) is 0.132. The summed E-state index contributed by atoms with van der Waals surface area (Å²) in [5.74, 6) is -0.795. The first kappa shape index (κ1) is 36.5. The largest absolute Gasteiger partial charge is 0.473 e. The first-order valence-electron chi connectivity index (χ1n) is 12.5. The predicted molar refractivity (Wildman–Crippen MR) is 149 cm³/mol. The van der Waals surface area contributed by atoms with E-state index in [1.54, 1.807) is 48.5 Å². The van der Waals surface area contributed by atoms with Crippen molar-refractivity contribution in [1.82, 2.24) is 9.97 Å². The molecule has 4 aromatic rings. The fraction of sp³-hybridized carbons (Fsp3) is 0.200. The Hall–Kier alpha value is -4.69. The highest BCUT2D eigenvalue weighted by Gasteiger charge is 2.31. The van der Waals surface area contributed by atoms with Crippen molar-refractivity contribution < 1.29 is 55.2 Å². The van der Waals surface area contributed by atoms with Gasteiger partial charge in [0.05, 0.1) is 43.1 Å². The zero-order valence-corrected chi connectivity index (χ0v) is 24.3. The van der Waals surface area contributed by atoms with Crippen LogP contribution in [0.3, 0.4) is 0 Å². The zero-order valence-electron chi connectivity index (χ0n) is 23.5. The van der Waals surface area contributed by atoms with Gasteiger partial charge in [-0.2, -0.15) is 26.3 Å². The van der Waals surface area contributed by atoms with Gasteiger partial charge in [0.1, 0.15) is 11.8 Å². The first-order chi connectivity index (χ1) is 21.2. The van der Waals surface area contributed by atoms with Crippen LogP contribution in [-0.4, -0.2) is 41.2 Å². The van der Waals surface area contributed by atoms with E-state index < -0.39 is 29.4 Å². The van der Waals surface area contributed by atoms with Crippen molar-refractivity contribution in [1.29, 1.82) is 0 Å². The zero-order chi connectivity index (χ0) is 33.6. The molecule has 0 aliphatic rings. The van der Waals surface area contributed by atoms with Crippen LogP contribution in [0, 0.1) is 0 Å². The number of benzene rings is 2. The molecule has 0 radical (unpaired) electrons. The minimum Gasteiger partial charge on any atom is -0.473 e. The van der Waals surface area contributed by atoms with Crippen LogP contribution in [0.4, 0.5) is 26.3 Å². The van der Waals surface area contributed by atoms with Crippen LogP contribution < -0.4 is 4.74 Å². The number of rotatable bonds is 6. The number of pyridine rings is 2. The molecule has 15 heteroatoms. The number of carbonyl (C=O) groups is 2. The maximum absolute atomic E-state index is 12.4. The van der Waals surface area contributed by atoms with E-state index in [-0.39, 0.29) is 30.2 Å². The van der Waals surface area contributed by atoms with Gasteiger partial charge in [-0.05, 0) is 53.6 Å². The number of aromatic nitrogens is 2. The lowest BCUT2D eigenvalue weighted by molar-refractivity contribution is -0.138. The highest BCUT2D eigenvalue weighted by atomic mass is 35.5. The fourth-order valence-corrected chi connectivity index (χ4v) is 3.27. The van der Waals surface area contributed by atoms with Gasteiger partial charge in [-0.1, -0.05) is 35.9 Å². The summed E-state index contributed by atoms with van der Waals surface area (Å²) in [6.07, 6.45) is -7.36. The molecule has 240 valence electrons. The Morgan fingerprint density at radius 1 is 0.733 bits per heavy atom. The summed E-state index contributed by atoms with van der Waals surface area (Å²) in [7, 11) is 2.60. The van der Waals surface area contributed by atoms with Crippen molar-refractivity contribution in [3.63, 3.8) is 0 Å². The molecular weight excluding hydrogens is 634 g/mol. The molecule has 0 amide bonds. The lowest BCUT2D eigenvalue weighted by atomic mass is 10.1. The number of ether oxygens (including phenoxy) is 3. The minimum atomic E-state index is -4.43. The Morgan fingerprint density at radius 2 is 1.22 bits per heavy atom. The van der Waals surface area contributed by atoms with Crippen LogP contribution >= 0.6 is 11.6 Å². The molecular formula is C30H25ClF6N2O6. The molecule has 4 rings (SSSR count).